The Morgan fingerprint density at radius 2 is 2.14 bits per heavy atom. The molecule has 3 nitrogen and oxygen atoms in total. The Labute approximate surface area is 85.5 Å². The molecule has 3 heterocycles. The van der Waals surface area contributed by atoms with Crippen LogP contribution in [0.4, 0.5) is 0 Å². The summed E-state index contributed by atoms with van der Waals surface area (Å²) in [6.07, 6.45) is 4.75. The van der Waals surface area contributed by atoms with Gasteiger partial charge in [0.05, 0.1) is 0 Å². The van der Waals surface area contributed by atoms with E-state index in [4.69, 9.17) is 0 Å². The van der Waals surface area contributed by atoms with Gasteiger partial charge in [0.1, 0.15) is 6.23 Å². The van der Waals surface area contributed by atoms with Crippen molar-refractivity contribution >= 4 is 0 Å². The standard InChI is InChI=1S/C11H20N2O/c14-11-3-1-2-10-9-4-8(5-12-6-9)7-13(10)11/h8-12,14H,1-7H2. The molecule has 2 bridgehead atoms. The summed E-state index contributed by atoms with van der Waals surface area (Å²) in [7, 11) is 0. The van der Waals surface area contributed by atoms with Crippen molar-refractivity contribution in [2.75, 3.05) is 19.6 Å². The molecule has 2 N–H and O–H groups in total. The number of hydrogen-bond donors (Lipinski definition) is 2. The molecule has 4 atom stereocenters. The number of piperidine rings is 3. The summed E-state index contributed by atoms with van der Waals surface area (Å²) in [6, 6.07) is 0.669. The van der Waals surface area contributed by atoms with Crippen LogP contribution in [0.3, 0.4) is 0 Å². The van der Waals surface area contributed by atoms with Crippen LogP contribution in [0.2, 0.25) is 0 Å². The van der Waals surface area contributed by atoms with Crippen LogP contribution in [0, 0.1) is 11.8 Å². The van der Waals surface area contributed by atoms with Gasteiger partial charge in [0.15, 0.2) is 0 Å². The lowest BCUT2D eigenvalue weighted by Gasteiger charge is -2.51. The van der Waals surface area contributed by atoms with Crippen molar-refractivity contribution in [3.05, 3.63) is 0 Å². The predicted octanol–water partition coefficient (Wildman–Crippen LogP) is 0.399. The molecular weight excluding hydrogens is 176 g/mol. The van der Waals surface area contributed by atoms with Crippen LogP contribution < -0.4 is 5.32 Å². The van der Waals surface area contributed by atoms with Crippen LogP contribution in [0.15, 0.2) is 0 Å². The SMILES string of the molecule is OC1CCCC2C3CNCC(C3)CN12. The average molecular weight is 196 g/mol. The fourth-order valence-corrected chi connectivity index (χ4v) is 3.62. The van der Waals surface area contributed by atoms with E-state index in [1.165, 1.54) is 25.8 Å². The van der Waals surface area contributed by atoms with E-state index in [9.17, 15) is 5.11 Å². The molecule has 0 radical (unpaired) electrons. The number of fused-ring (bicyclic) bond motifs is 4. The molecule has 14 heavy (non-hydrogen) atoms. The lowest BCUT2D eigenvalue weighted by molar-refractivity contribution is -0.109. The van der Waals surface area contributed by atoms with Crippen LogP contribution >= 0.6 is 0 Å². The molecule has 3 fully saturated rings. The van der Waals surface area contributed by atoms with Crippen molar-refractivity contribution in [3.63, 3.8) is 0 Å². The first-order chi connectivity index (χ1) is 6.84. The molecule has 0 aromatic heterocycles. The summed E-state index contributed by atoms with van der Waals surface area (Å²) in [5.41, 5.74) is 0. The molecule has 0 spiro atoms. The summed E-state index contributed by atoms with van der Waals surface area (Å²) < 4.78 is 0. The molecule has 3 heteroatoms. The van der Waals surface area contributed by atoms with Gasteiger partial charge in [-0.2, -0.15) is 0 Å². The minimum Gasteiger partial charge on any atom is -0.378 e. The van der Waals surface area contributed by atoms with Crippen molar-refractivity contribution in [2.45, 2.75) is 38.0 Å². The van der Waals surface area contributed by atoms with Crippen molar-refractivity contribution in [1.29, 1.82) is 0 Å². The minimum absolute atomic E-state index is 0.142. The van der Waals surface area contributed by atoms with E-state index in [0.717, 1.165) is 31.3 Å². The van der Waals surface area contributed by atoms with Gasteiger partial charge >= 0.3 is 0 Å². The number of rotatable bonds is 0. The summed E-state index contributed by atoms with van der Waals surface area (Å²) >= 11 is 0. The van der Waals surface area contributed by atoms with Gasteiger partial charge in [0, 0.05) is 12.6 Å². The Morgan fingerprint density at radius 3 is 3.07 bits per heavy atom. The zero-order chi connectivity index (χ0) is 9.54. The van der Waals surface area contributed by atoms with Crippen molar-refractivity contribution in [2.24, 2.45) is 11.8 Å². The fourth-order valence-electron chi connectivity index (χ4n) is 3.62. The highest BCUT2D eigenvalue weighted by Gasteiger charge is 2.42. The summed E-state index contributed by atoms with van der Waals surface area (Å²) in [5.74, 6) is 1.59. The Morgan fingerprint density at radius 1 is 1.21 bits per heavy atom. The Balaban J connectivity index is 1.79. The fraction of sp³-hybridized carbons (Fsp3) is 1.00. The highest BCUT2D eigenvalue weighted by molar-refractivity contribution is 4.95. The Bertz CT molecular complexity index is 221. The maximum absolute atomic E-state index is 9.97. The summed E-state index contributed by atoms with van der Waals surface area (Å²) in [6.45, 7) is 3.45. The van der Waals surface area contributed by atoms with E-state index in [-0.39, 0.29) is 6.23 Å². The smallest absolute Gasteiger partial charge is 0.107 e. The van der Waals surface area contributed by atoms with Gasteiger partial charge in [-0.05, 0) is 50.6 Å². The molecule has 3 rings (SSSR count). The van der Waals surface area contributed by atoms with E-state index < -0.39 is 0 Å². The quantitative estimate of drug-likeness (QED) is 0.588. The first-order valence-corrected chi connectivity index (χ1v) is 5.99. The van der Waals surface area contributed by atoms with Gasteiger partial charge in [-0.1, -0.05) is 0 Å². The number of nitrogens with one attached hydrogen (secondary N) is 1. The van der Waals surface area contributed by atoms with Gasteiger partial charge in [-0.25, -0.2) is 0 Å². The Hall–Kier alpha value is -0.120. The summed E-state index contributed by atoms with van der Waals surface area (Å²) in [5, 5.41) is 13.5. The number of aliphatic hydroxyl groups excluding tert-OH is 1. The van der Waals surface area contributed by atoms with Gasteiger partial charge in [-0.15, -0.1) is 0 Å². The lowest BCUT2D eigenvalue weighted by atomic mass is 9.76. The number of nitrogens with zero attached hydrogens (tertiary/aromatic N) is 1. The van der Waals surface area contributed by atoms with E-state index in [2.05, 4.69) is 10.2 Å². The third-order valence-electron chi connectivity index (χ3n) is 4.26. The van der Waals surface area contributed by atoms with Gasteiger partial charge in [0.25, 0.3) is 0 Å². The van der Waals surface area contributed by atoms with Gasteiger partial charge in [-0.3, -0.25) is 4.90 Å². The second-order valence-electron chi connectivity index (χ2n) is 5.20. The van der Waals surface area contributed by atoms with E-state index in [1.54, 1.807) is 0 Å². The van der Waals surface area contributed by atoms with Crippen molar-refractivity contribution in [3.8, 4) is 0 Å². The van der Waals surface area contributed by atoms with E-state index in [0.29, 0.717) is 6.04 Å². The molecule has 3 aliphatic rings. The first kappa shape index (κ1) is 9.13. The van der Waals surface area contributed by atoms with Crippen molar-refractivity contribution < 1.29 is 5.11 Å². The van der Waals surface area contributed by atoms with Crippen LogP contribution in [0.5, 0.6) is 0 Å². The first-order valence-electron chi connectivity index (χ1n) is 5.99. The molecule has 0 aromatic carbocycles. The third kappa shape index (κ3) is 1.38. The summed E-state index contributed by atoms with van der Waals surface area (Å²) in [4.78, 5) is 2.38. The van der Waals surface area contributed by atoms with Crippen LogP contribution in [0.25, 0.3) is 0 Å². The topological polar surface area (TPSA) is 35.5 Å². The van der Waals surface area contributed by atoms with Crippen molar-refractivity contribution in [1.82, 2.24) is 10.2 Å². The molecular formula is C11H20N2O. The minimum atomic E-state index is -0.142. The molecule has 0 saturated carbocycles. The number of hydrogen-bond acceptors (Lipinski definition) is 3. The monoisotopic (exact) mass is 196 g/mol. The second-order valence-corrected chi connectivity index (χ2v) is 5.20. The third-order valence-corrected chi connectivity index (χ3v) is 4.26. The maximum Gasteiger partial charge on any atom is 0.107 e. The largest absolute Gasteiger partial charge is 0.378 e. The zero-order valence-corrected chi connectivity index (χ0v) is 8.65. The molecule has 0 aliphatic carbocycles. The molecule has 3 aliphatic heterocycles. The molecule has 4 unspecified atom stereocenters. The lowest BCUT2D eigenvalue weighted by Crippen LogP contribution is -2.60. The maximum atomic E-state index is 9.97. The normalized spacial score (nSPS) is 48.6. The predicted molar refractivity (Wildman–Crippen MR) is 54.8 cm³/mol. The van der Waals surface area contributed by atoms with E-state index in [1.807, 2.05) is 0 Å². The number of aliphatic hydroxyl groups is 1. The molecule has 0 aromatic rings. The van der Waals surface area contributed by atoms with Gasteiger partial charge < -0.3 is 10.4 Å². The second kappa shape index (κ2) is 3.47. The Kier molecular flexibility index (Phi) is 2.26. The highest BCUT2D eigenvalue weighted by atomic mass is 16.3. The van der Waals surface area contributed by atoms with Crippen LogP contribution in [0.1, 0.15) is 25.7 Å². The molecule has 0 amide bonds. The molecule has 80 valence electrons. The molecule has 3 saturated heterocycles. The average Bonchev–Trinajstić information content (AvgIpc) is 2.20. The van der Waals surface area contributed by atoms with Crippen LogP contribution in [-0.4, -0.2) is 41.9 Å². The zero-order valence-electron chi connectivity index (χ0n) is 8.65. The highest BCUT2D eigenvalue weighted by Crippen LogP contribution is 2.36. The van der Waals surface area contributed by atoms with Gasteiger partial charge in [0.2, 0.25) is 0 Å². The van der Waals surface area contributed by atoms with Crippen LogP contribution in [-0.2, 0) is 0 Å². The van der Waals surface area contributed by atoms with E-state index >= 15 is 0 Å².